The monoisotopic (exact) mass is 248 g/mol. The fraction of sp³-hybridized carbons (Fsp3) is 0.533. The van der Waals surface area contributed by atoms with Gasteiger partial charge in [-0.15, -0.1) is 0 Å². The highest BCUT2D eigenvalue weighted by molar-refractivity contribution is 5.73. The van der Waals surface area contributed by atoms with Gasteiger partial charge in [0.1, 0.15) is 0 Å². The van der Waals surface area contributed by atoms with Gasteiger partial charge in [-0.1, -0.05) is 29.8 Å². The summed E-state index contributed by atoms with van der Waals surface area (Å²) in [5, 5.41) is 3.42. The van der Waals surface area contributed by atoms with E-state index in [1.165, 1.54) is 11.1 Å². The number of hydrogen-bond acceptors (Lipinski definition) is 2. The van der Waals surface area contributed by atoms with E-state index >= 15 is 0 Å². The van der Waals surface area contributed by atoms with Gasteiger partial charge in [0.15, 0.2) is 0 Å². The number of hydrogen-bond donors (Lipinski definition) is 2. The van der Waals surface area contributed by atoms with Crippen molar-refractivity contribution < 1.29 is 4.79 Å². The van der Waals surface area contributed by atoms with E-state index in [2.05, 4.69) is 43.4 Å². The summed E-state index contributed by atoms with van der Waals surface area (Å²) < 4.78 is 0. The quantitative estimate of drug-likeness (QED) is 0.693. The molecule has 1 unspecified atom stereocenters. The van der Waals surface area contributed by atoms with Crippen molar-refractivity contribution in [3.8, 4) is 0 Å². The normalized spacial score (nSPS) is 12.3. The van der Waals surface area contributed by atoms with E-state index in [1.807, 2.05) is 0 Å². The summed E-state index contributed by atoms with van der Waals surface area (Å²) in [5.74, 6) is -0.218. The number of benzene rings is 1. The van der Waals surface area contributed by atoms with Crippen LogP contribution in [0.2, 0.25) is 0 Å². The van der Waals surface area contributed by atoms with Gasteiger partial charge in [-0.25, -0.2) is 0 Å². The van der Waals surface area contributed by atoms with Crippen LogP contribution in [-0.4, -0.2) is 18.5 Å². The lowest BCUT2D eigenvalue weighted by Crippen LogP contribution is -2.28. The van der Waals surface area contributed by atoms with Crippen LogP contribution >= 0.6 is 0 Å². The molecule has 1 rings (SSSR count). The first-order valence-corrected chi connectivity index (χ1v) is 6.65. The predicted octanol–water partition coefficient (Wildman–Crippen LogP) is 2.17. The Kier molecular flexibility index (Phi) is 6.44. The summed E-state index contributed by atoms with van der Waals surface area (Å²) in [6.07, 6.45) is 3.49. The highest BCUT2D eigenvalue weighted by Gasteiger charge is 2.02. The molecule has 1 amide bonds. The largest absolute Gasteiger partial charge is 0.370 e. The standard InChI is InChI=1S/C15H24N2O/c1-12-5-3-6-14(11-12)9-8-13(2)17-10-4-7-15(16)18/h3,5-6,11,13,17H,4,7-10H2,1-2H3,(H2,16,18). The Bertz CT molecular complexity index is 377. The number of primary amides is 1. The zero-order valence-electron chi connectivity index (χ0n) is 11.4. The van der Waals surface area contributed by atoms with Gasteiger partial charge in [-0.3, -0.25) is 4.79 Å². The van der Waals surface area contributed by atoms with Crippen LogP contribution in [0.1, 0.15) is 37.3 Å². The molecule has 0 aliphatic carbocycles. The average Bonchev–Trinajstić information content (AvgIpc) is 2.32. The third kappa shape index (κ3) is 6.40. The summed E-state index contributed by atoms with van der Waals surface area (Å²) >= 11 is 0. The van der Waals surface area contributed by atoms with Crippen LogP contribution in [0, 0.1) is 6.92 Å². The number of carbonyl (C=O) groups excluding carboxylic acids is 1. The van der Waals surface area contributed by atoms with Gasteiger partial charge in [0.2, 0.25) is 5.91 Å². The van der Waals surface area contributed by atoms with Gasteiger partial charge in [0, 0.05) is 12.5 Å². The van der Waals surface area contributed by atoms with E-state index in [9.17, 15) is 4.79 Å². The molecule has 0 saturated heterocycles. The van der Waals surface area contributed by atoms with Gasteiger partial charge >= 0.3 is 0 Å². The van der Waals surface area contributed by atoms with Crippen molar-refractivity contribution in [3.63, 3.8) is 0 Å². The van der Waals surface area contributed by atoms with Gasteiger partial charge in [-0.2, -0.15) is 0 Å². The molecule has 0 aromatic heterocycles. The van der Waals surface area contributed by atoms with Crippen molar-refractivity contribution >= 4 is 5.91 Å². The van der Waals surface area contributed by atoms with Crippen LogP contribution in [0.15, 0.2) is 24.3 Å². The van der Waals surface area contributed by atoms with Gasteiger partial charge < -0.3 is 11.1 Å². The second-order valence-electron chi connectivity index (χ2n) is 4.95. The first-order valence-electron chi connectivity index (χ1n) is 6.65. The van der Waals surface area contributed by atoms with Crippen LogP contribution in [0.3, 0.4) is 0 Å². The zero-order valence-corrected chi connectivity index (χ0v) is 11.4. The molecule has 18 heavy (non-hydrogen) atoms. The molecule has 0 aliphatic rings. The second kappa shape index (κ2) is 7.88. The molecular weight excluding hydrogens is 224 g/mol. The molecule has 0 spiro atoms. The van der Waals surface area contributed by atoms with Crippen LogP contribution in [0.5, 0.6) is 0 Å². The number of nitrogens with two attached hydrogens (primary N) is 1. The fourth-order valence-electron chi connectivity index (χ4n) is 1.96. The summed E-state index contributed by atoms with van der Waals surface area (Å²) in [5.41, 5.74) is 7.80. The number of aryl methyl sites for hydroxylation is 2. The smallest absolute Gasteiger partial charge is 0.217 e. The molecule has 0 saturated carbocycles. The highest BCUT2D eigenvalue weighted by Crippen LogP contribution is 2.08. The minimum Gasteiger partial charge on any atom is -0.370 e. The Hall–Kier alpha value is -1.35. The molecule has 0 fully saturated rings. The van der Waals surface area contributed by atoms with Gasteiger partial charge in [0.25, 0.3) is 0 Å². The molecule has 3 heteroatoms. The summed E-state index contributed by atoms with van der Waals surface area (Å²) in [6.45, 7) is 5.16. The molecule has 0 radical (unpaired) electrons. The highest BCUT2D eigenvalue weighted by atomic mass is 16.1. The van der Waals surface area contributed by atoms with E-state index in [0.717, 1.165) is 25.8 Å². The number of amides is 1. The van der Waals surface area contributed by atoms with E-state index < -0.39 is 0 Å². The van der Waals surface area contributed by atoms with Crippen molar-refractivity contribution in [3.05, 3.63) is 35.4 Å². The lowest BCUT2D eigenvalue weighted by Gasteiger charge is -2.13. The molecule has 1 aromatic carbocycles. The lowest BCUT2D eigenvalue weighted by atomic mass is 10.0. The average molecular weight is 248 g/mol. The van der Waals surface area contributed by atoms with Crippen LogP contribution in [-0.2, 0) is 11.2 Å². The topological polar surface area (TPSA) is 55.1 Å². The van der Waals surface area contributed by atoms with Crippen molar-refractivity contribution in [2.45, 2.75) is 45.6 Å². The second-order valence-corrected chi connectivity index (χ2v) is 4.95. The van der Waals surface area contributed by atoms with Crippen LogP contribution in [0.25, 0.3) is 0 Å². The minimum absolute atomic E-state index is 0.218. The van der Waals surface area contributed by atoms with Crippen molar-refractivity contribution in [2.75, 3.05) is 6.54 Å². The first-order chi connectivity index (χ1) is 8.58. The first kappa shape index (κ1) is 14.7. The van der Waals surface area contributed by atoms with Crippen molar-refractivity contribution in [2.24, 2.45) is 5.73 Å². The Morgan fingerprint density at radius 1 is 1.44 bits per heavy atom. The molecule has 1 aromatic rings. The lowest BCUT2D eigenvalue weighted by molar-refractivity contribution is -0.118. The minimum atomic E-state index is -0.218. The summed E-state index contributed by atoms with van der Waals surface area (Å²) in [4.78, 5) is 10.6. The Labute approximate surface area is 110 Å². The van der Waals surface area contributed by atoms with Gasteiger partial charge in [-0.05, 0) is 45.2 Å². The molecular formula is C15H24N2O. The van der Waals surface area contributed by atoms with Crippen LogP contribution in [0.4, 0.5) is 0 Å². The van der Waals surface area contributed by atoms with E-state index in [-0.39, 0.29) is 5.91 Å². The fourth-order valence-corrected chi connectivity index (χ4v) is 1.96. The Morgan fingerprint density at radius 3 is 2.89 bits per heavy atom. The molecule has 3 nitrogen and oxygen atoms in total. The maximum Gasteiger partial charge on any atom is 0.217 e. The summed E-state index contributed by atoms with van der Waals surface area (Å²) in [7, 11) is 0. The van der Waals surface area contributed by atoms with Gasteiger partial charge in [0.05, 0.1) is 0 Å². The van der Waals surface area contributed by atoms with Crippen molar-refractivity contribution in [1.29, 1.82) is 0 Å². The maximum atomic E-state index is 10.6. The third-order valence-corrected chi connectivity index (χ3v) is 3.04. The van der Waals surface area contributed by atoms with Crippen molar-refractivity contribution in [1.82, 2.24) is 5.32 Å². The Balaban J connectivity index is 2.17. The molecule has 0 heterocycles. The number of nitrogens with one attached hydrogen (secondary N) is 1. The summed E-state index contributed by atoms with van der Waals surface area (Å²) in [6, 6.07) is 9.11. The van der Waals surface area contributed by atoms with Crippen LogP contribution < -0.4 is 11.1 Å². The SMILES string of the molecule is Cc1cccc(CCC(C)NCCCC(N)=O)c1. The zero-order chi connectivity index (χ0) is 13.4. The Morgan fingerprint density at radius 2 is 2.22 bits per heavy atom. The third-order valence-electron chi connectivity index (χ3n) is 3.04. The molecule has 0 aliphatic heterocycles. The molecule has 100 valence electrons. The van der Waals surface area contributed by atoms with E-state index in [1.54, 1.807) is 0 Å². The molecule has 1 atom stereocenters. The van der Waals surface area contributed by atoms with E-state index in [0.29, 0.717) is 12.5 Å². The number of rotatable bonds is 8. The predicted molar refractivity (Wildman–Crippen MR) is 75.4 cm³/mol. The molecule has 3 N–H and O–H groups in total. The number of carbonyl (C=O) groups is 1. The van der Waals surface area contributed by atoms with E-state index in [4.69, 9.17) is 5.73 Å². The maximum absolute atomic E-state index is 10.6. The molecule has 0 bridgehead atoms.